The van der Waals surface area contributed by atoms with Crippen LogP contribution in [0.2, 0.25) is 0 Å². The first-order valence-electron chi connectivity index (χ1n) is 7.56. The van der Waals surface area contributed by atoms with Gasteiger partial charge in [-0.2, -0.15) is 13.2 Å². The van der Waals surface area contributed by atoms with Crippen molar-refractivity contribution in [2.45, 2.75) is 38.3 Å². The Bertz CT molecular complexity index is 720. The molecule has 120 valence electrons. The summed E-state index contributed by atoms with van der Waals surface area (Å²) in [7, 11) is 0. The van der Waals surface area contributed by atoms with Crippen LogP contribution in [0.5, 0.6) is 0 Å². The number of rotatable bonds is 4. The summed E-state index contributed by atoms with van der Waals surface area (Å²) in [6.45, 7) is 0. The normalized spacial score (nSPS) is 13.9. The van der Waals surface area contributed by atoms with Crippen molar-refractivity contribution in [2.24, 2.45) is 0 Å². The van der Waals surface area contributed by atoms with Crippen molar-refractivity contribution < 1.29 is 18.0 Å². The summed E-state index contributed by atoms with van der Waals surface area (Å²) in [4.78, 5) is 15.5. The molecule has 0 fully saturated rings. The molecule has 1 aliphatic carbocycles. The minimum absolute atomic E-state index is 0.0236. The summed E-state index contributed by atoms with van der Waals surface area (Å²) in [5, 5.41) is 0. The summed E-state index contributed by atoms with van der Waals surface area (Å²) in [5.74, 6) is -0.0236. The molecule has 0 spiro atoms. The van der Waals surface area contributed by atoms with E-state index in [1.54, 1.807) is 0 Å². The number of nitrogens with zero attached hydrogens (tertiary/aromatic N) is 1. The number of hydrogen-bond acceptors (Lipinski definition) is 2. The van der Waals surface area contributed by atoms with E-state index in [1.165, 1.54) is 17.2 Å². The summed E-state index contributed by atoms with van der Waals surface area (Å²) in [6, 6.07) is 8.34. The number of aryl methyl sites for hydroxylation is 2. The van der Waals surface area contributed by atoms with Gasteiger partial charge < -0.3 is 0 Å². The van der Waals surface area contributed by atoms with Crippen LogP contribution >= 0.6 is 0 Å². The predicted molar refractivity (Wildman–Crippen MR) is 80.1 cm³/mol. The topological polar surface area (TPSA) is 30.0 Å². The number of carbonyl (C=O) groups is 1. The highest BCUT2D eigenvalue weighted by Gasteiger charge is 2.32. The standard InChI is InChI=1S/C18H16F3NO/c19-18(20,21)17-7-5-13(11-22-17)10-16(23)9-12-4-6-14-2-1-3-15(14)8-12/h4-8,11H,1-3,9-10H2. The van der Waals surface area contributed by atoms with Gasteiger partial charge in [-0.05, 0) is 47.6 Å². The van der Waals surface area contributed by atoms with E-state index in [2.05, 4.69) is 17.1 Å². The number of hydrogen-bond donors (Lipinski definition) is 0. The third kappa shape index (κ3) is 3.78. The maximum Gasteiger partial charge on any atom is 0.433 e. The second kappa shape index (κ2) is 6.14. The predicted octanol–water partition coefficient (Wildman–Crippen LogP) is 3.94. The molecule has 0 saturated carbocycles. The molecule has 1 aliphatic rings. The zero-order valence-electron chi connectivity index (χ0n) is 12.5. The molecule has 0 amide bonds. The first-order valence-corrected chi connectivity index (χ1v) is 7.56. The molecular formula is C18H16F3NO. The Labute approximate surface area is 132 Å². The van der Waals surface area contributed by atoms with Gasteiger partial charge in [0, 0.05) is 19.0 Å². The Morgan fingerprint density at radius 2 is 1.70 bits per heavy atom. The van der Waals surface area contributed by atoms with Crippen molar-refractivity contribution in [3.8, 4) is 0 Å². The van der Waals surface area contributed by atoms with Crippen LogP contribution in [0.15, 0.2) is 36.5 Å². The number of fused-ring (bicyclic) bond motifs is 1. The number of carbonyl (C=O) groups excluding carboxylic acids is 1. The fourth-order valence-electron chi connectivity index (χ4n) is 2.95. The van der Waals surface area contributed by atoms with Crippen LogP contribution in [0.25, 0.3) is 0 Å². The zero-order valence-corrected chi connectivity index (χ0v) is 12.5. The number of halogens is 3. The summed E-state index contributed by atoms with van der Waals surface area (Å²) in [6.07, 6.45) is 0.387. The second-order valence-corrected chi connectivity index (χ2v) is 5.90. The van der Waals surface area contributed by atoms with E-state index < -0.39 is 11.9 Å². The third-order valence-electron chi connectivity index (χ3n) is 4.08. The molecule has 3 rings (SSSR count). The van der Waals surface area contributed by atoms with Gasteiger partial charge in [0.2, 0.25) is 0 Å². The van der Waals surface area contributed by atoms with Gasteiger partial charge in [-0.3, -0.25) is 9.78 Å². The molecule has 2 nitrogen and oxygen atoms in total. The number of aromatic nitrogens is 1. The van der Waals surface area contributed by atoms with Gasteiger partial charge in [-0.25, -0.2) is 0 Å². The molecule has 23 heavy (non-hydrogen) atoms. The Hall–Kier alpha value is -2.17. The average Bonchev–Trinajstić information content (AvgIpc) is 2.94. The first-order chi connectivity index (χ1) is 10.9. The van der Waals surface area contributed by atoms with E-state index in [0.29, 0.717) is 12.0 Å². The van der Waals surface area contributed by atoms with Crippen LogP contribution in [0.3, 0.4) is 0 Å². The largest absolute Gasteiger partial charge is 0.433 e. The van der Waals surface area contributed by atoms with E-state index in [9.17, 15) is 18.0 Å². The summed E-state index contributed by atoms with van der Waals surface area (Å²) >= 11 is 0. The van der Waals surface area contributed by atoms with Gasteiger partial charge in [0.15, 0.2) is 0 Å². The molecule has 1 aromatic heterocycles. The molecule has 0 aliphatic heterocycles. The Morgan fingerprint density at radius 3 is 2.39 bits per heavy atom. The van der Waals surface area contributed by atoms with Crippen LogP contribution < -0.4 is 0 Å². The van der Waals surface area contributed by atoms with Gasteiger partial charge in [-0.15, -0.1) is 0 Å². The molecule has 1 heterocycles. The highest BCUT2D eigenvalue weighted by molar-refractivity contribution is 5.83. The highest BCUT2D eigenvalue weighted by Crippen LogP contribution is 2.27. The SMILES string of the molecule is O=C(Cc1ccc(C(F)(F)F)nc1)Cc1ccc2c(c1)CCC2. The van der Waals surface area contributed by atoms with Crippen LogP contribution in [0.4, 0.5) is 13.2 Å². The van der Waals surface area contributed by atoms with E-state index in [1.807, 2.05) is 6.07 Å². The fraction of sp³-hybridized carbons (Fsp3) is 0.333. The Balaban J connectivity index is 1.63. The van der Waals surface area contributed by atoms with Crippen molar-refractivity contribution in [3.63, 3.8) is 0 Å². The number of alkyl halides is 3. The molecule has 1 aromatic carbocycles. The zero-order chi connectivity index (χ0) is 16.4. The molecule has 0 N–H and O–H groups in total. The lowest BCUT2D eigenvalue weighted by Crippen LogP contribution is -2.10. The van der Waals surface area contributed by atoms with Crippen LogP contribution in [-0.4, -0.2) is 10.8 Å². The number of Topliss-reactive ketones (excluding diaryl/α,β-unsaturated/α-hetero) is 1. The maximum atomic E-state index is 12.4. The van der Waals surface area contributed by atoms with Crippen molar-refractivity contribution in [2.75, 3.05) is 0 Å². The van der Waals surface area contributed by atoms with Gasteiger partial charge in [0.05, 0.1) is 0 Å². The van der Waals surface area contributed by atoms with Gasteiger partial charge in [-0.1, -0.05) is 24.3 Å². The van der Waals surface area contributed by atoms with Crippen molar-refractivity contribution in [1.29, 1.82) is 0 Å². The Kier molecular flexibility index (Phi) is 4.20. The fourth-order valence-corrected chi connectivity index (χ4v) is 2.95. The molecule has 5 heteroatoms. The summed E-state index contributed by atoms with van der Waals surface area (Å²) in [5.41, 5.74) is 3.20. The van der Waals surface area contributed by atoms with E-state index in [4.69, 9.17) is 0 Å². The highest BCUT2D eigenvalue weighted by atomic mass is 19.4. The van der Waals surface area contributed by atoms with Gasteiger partial charge in [0.1, 0.15) is 11.5 Å². The van der Waals surface area contributed by atoms with Crippen molar-refractivity contribution in [1.82, 2.24) is 4.98 Å². The molecule has 0 unspecified atom stereocenters. The molecule has 0 saturated heterocycles. The van der Waals surface area contributed by atoms with Crippen molar-refractivity contribution in [3.05, 3.63) is 64.5 Å². The molecule has 0 atom stereocenters. The van der Waals surface area contributed by atoms with Gasteiger partial charge in [0.25, 0.3) is 0 Å². The van der Waals surface area contributed by atoms with E-state index in [-0.39, 0.29) is 12.2 Å². The number of benzene rings is 1. The molecular weight excluding hydrogens is 303 g/mol. The smallest absolute Gasteiger partial charge is 0.299 e. The molecule has 0 radical (unpaired) electrons. The van der Waals surface area contributed by atoms with E-state index in [0.717, 1.165) is 37.1 Å². The number of ketones is 1. The lowest BCUT2D eigenvalue weighted by atomic mass is 10.00. The van der Waals surface area contributed by atoms with E-state index >= 15 is 0 Å². The van der Waals surface area contributed by atoms with Gasteiger partial charge >= 0.3 is 6.18 Å². The third-order valence-corrected chi connectivity index (χ3v) is 4.08. The first kappa shape index (κ1) is 15.7. The lowest BCUT2D eigenvalue weighted by molar-refractivity contribution is -0.141. The second-order valence-electron chi connectivity index (χ2n) is 5.90. The average molecular weight is 319 g/mol. The van der Waals surface area contributed by atoms with Crippen molar-refractivity contribution >= 4 is 5.78 Å². The maximum absolute atomic E-state index is 12.4. The number of pyridine rings is 1. The molecule has 2 aromatic rings. The minimum Gasteiger partial charge on any atom is -0.299 e. The lowest BCUT2D eigenvalue weighted by Gasteiger charge is -2.07. The summed E-state index contributed by atoms with van der Waals surface area (Å²) < 4.78 is 37.3. The van der Waals surface area contributed by atoms with Crippen LogP contribution in [0.1, 0.15) is 34.4 Å². The minimum atomic E-state index is -4.45. The molecule has 0 bridgehead atoms. The van der Waals surface area contributed by atoms with Crippen LogP contribution in [0, 0.1) is 0 Å². The quantitative estimate of drug-likeness (QED) is 0.854. The van der Waals surface area contributed by atoms with Crippen LogP contribution in [-0.2, 0) is 36.7 Å². The monoisotopic (exact) mass is 319 g/mol. The Morgan fingerprint density at radius 1 is 1.00 bits per heavy atom.